The zero-order chi connectivity index (χ0) is 20.5. The van der Waals surface area contributed by atoms with Gasteiger partial charge in [0.2, 0.25) is 0 Å². The van der Waals surface area contributed by atoms with Gasteiger partial charge in [0.25, 0.3) is 5.91 Å². The maximum atomic E-state index is 12.6. The highest BCUT2D eigenvalue weighted by Gasteiger charge is 2.23. The van der Waals surface area contributed by atoms with Crippen molar-refractivity contribution in [1.29, 1.82) is 0 Å². The van der Waals surface area contributed by atoms with Crippen molar-refractivity contribution in [1.82, 2.24) is 9.88 Å². The molecule has 3 aromatic carbocycles. The molecule has 1 saturated heterocycles. The third-order valence-electron chi connectivity index (χ3n) is 5.34. The fraction of sp³-hybridized carbons (Fsp3) is 0.217. The number of hydrogen-bond donors (Lipinski definition) is 0. The summed E-state index contributed by atoms with van der Waals surface area (Å²) >= 11 is 7.89. The molecule has 0 atom stereocenters. The molecule has 1 amide bonds. The van der Waals surface area contributed by atoms with Gasteiger partial charge in [0.1, 0.15) is 11.3 Å². The topological polar surface area (TPSA) is 45.7 Å². The zero-order valence-corrected chi connectivity index (χ0v) is 17.8. The Bertz CT molecular complexity index is 1220. The van der Waals surface area contributed by atoms with E-state index in [1.54, 1.807) is 11.3 Å². The smallest absolute Gasteiger partial charge is 0.260 e. The van der Waals surface area contributed by atoms with E-state index < -0.39 is 0 Å². The predicted molar refractivity (Wildman–Crippen MR) is 123 cm³/mol. The average Bonchev–Trinajstić information content (AvgIpc) is 3.23. The Hall–Kier alpha value is -2.83. The molecule has 1 aliphatic heterocycles. The van der Waals surface area contributed by atoms with E-state index in [-0.39, 0.29) is 12.5 Å². The van der Waals surface area contributed by atoms with E-state index in [1.165, 1.54) is 0 Å². The number of para-hydroxylation sites is 1. The third kappa shape index (κ3) is 3.80. The number of rotatable bonds is 4. The molecule has 5 nitrogen and oxygen atoms in total. The van der Waals surface area contributed by atoms with Crippen molar-refractivity contribution < 1.29 is 9.53 Å². The van der Waals surface area contributed by atoms with Crippen molar-refractivity contribution in [2.75, 3.05) is 37.7 Å². The highest BCUT2D eigenvalue weighted by atomic mass is 35.5. The van der Waals surface area contributed by atoms with Gasteiger partial charge >= 0.3 is 0 Å². The minimum atomic E-state index is 0.00940. The van der Waals surface area contributed by atoms with Gasteiger partial charge < -0.3 is 14.5 Å². The molecule has 0 bridgehead atoms. The van der Waals surface area contributed by atoms with Crippen LogP contribution in [0.15, 0.2) is 60.7 Å². The normalized spacial score (nSPS) is 14.4. The van der Waals surface area contributed by atoms with Crippen LogP contribution < -0.4 is 9.64 Å². The maximum Gasteiger partial charge on any atom is 0.260 e. The predicted octanol–water partition coefficient (Wildman–Crippen LogP) is 4.83. The highest BCUT2D eigenvalue weighted by molar-refractivity contribution is 7.22. The minimum Gasteiger partial charge on any atom is -0.484 e. The quantitative estimate of drug-likeness (QED) is 0.458. The van der Waals surface area contributed by atoms with Gasteiger partial charge in [-0.05, 0) is 35.0 Å². The van der Waals surface area contributed by atoms with Gasteiger partial charge in [-0.2, -0.15) is 0 Å². The number of aromatic nitrogens is 1. The minimum absolute atomic E-state index is 0.00940. The molecule has 0 saturated carbocycles. The third-order valence-corrected chi connectivity index (χ3v) is 6.73. The molecule has 4 aromatic rings. The number of ether oxygens (including phenoxy) is 1. The molecule has 1 aromatic heterocycles. The second-order valence-corrected chi connectivity index (χ2v) is 8.66. The number of halogens is 1. The summed E-state index contributed by atoms with van der Waals surface area (Å²) in [7, 11) is 0. The SMILES string of the molecule is O=C(COc1ccc2ccccc2c1)N1CCN(c2nc3c(Cl)cccc3s2)CC1. The summed E-state index contributed by atoms with van der Waals surface area (Å²) in [5.74, 6) is 0.724. The standard InChI is InChI=1S/C23H20ClN3O2S/c24-19-6-3-7-20-22(19)25-23(30-20)27-12-10-26(11-13-27)21(28)15-29-18-9-8-16-4-1-2-5-17(16)14-18/h1-9,14H,10-13,15H2. The lowest BCUT2D eigenvalue weighted by Crippen LogP contribution is -2.50. The van der Waals surface area contributed by atoms with Crippen molar-refractivity contribution in [3.63, 3.8) is 0 Å². The number of nitrogens with zero attached hydrogens (tertiary/aromatic N) is 3. The number of amides is 1. The van der Waals surface area contributed by atoms with Crippen molar-refractivity contribution in [2.45, 2.75) is 0 Å². The summed E-state index contributed by atoms with van der Waals surface area (Å²) < 4.78 is 6.85. The van der Waals surface area contributed by atoms with Crippen LogP contribution in [0.2, 0.25) is 5.02 Å². The molecule has 5 rings (SSSR count). The first-order valence-corrected chi connectivity index (χ1v) is 11.1. The monoisotopic (exact) mass is 437 g/mol. The van der Waals surface area contributed by atoms with Crippen LogP contribution >= 0.6 is 22.9 Å². The van der Waals surface area contributed by atoms with Gasteiger partial charge in [0.05, 0.1) is 9.72 Å². The number of anilines is 1. The van der Waals surface area contributed by atoms with Crippen LogP contribution in [0, 0.1) is 0 Å². The summed E-state index contributed by atoms with van der Waals surface area (Å²) in [6, 6.07) is 19.8. The van der Waals surface area contributed by atoms with Crippen LogP contribution in [-0.2, 0) is 4.79 Å². The molecule has 1 aliphatic rings. The van der Waals surface area contributed by atoms with Gasteiger partial charge in [-0.3, -0.25) is 4.79 Å². The van der Waals surface area contributed by atoms with E-state index in [9.17, 15) is 4.79 Å². The lowest BCUT2D eigenvalue weighted by molar-refractivity contribution is -0.133. The van der Waals surface area contributed by atoms with Crippen molar-refractivity contribution in [2.24, 2.45) is 0 Å². The first-order chi connectivity index (χ1) is 14.7. The number of benzene rings is 3. The molecular weight excluding hydrogens is 418 g/mol. The molecule has 30 heavy (non-hydrogen) atoms. The number of piperazine rings is 1. The Morgan fingerprint density at radius 2 is 1.80 bits per heavy atom. The lowest BCUT2D eigenvalue weighted by atomic mass is 10.1. The second kappa shape index (κ2) is 8.13. The van der Waals surface area contributed by atoms with E-state index in [0.29, 0.717) is 23.9 Å². The molecule has 2 heterocycles. The lowest BCUT2D eigenvalue weighted by Gasteiger charge is -2.34. The van der Waals surface area contributed by atoms with Crippen molar-refractivity contribution in [3.05, 3.63) is 65.7 Å². The van der Waals surface area contributed by atoms with Crippen LogP contribution in [0.4, 0.5) is 5.13 Å². The van der Waals surface area contributed by atoms with Gasteiger partial charge in [0.15, 0.2) is 11.7 Å². The molecule has 0 radical (unpaired) electrons. The Labute approximate surface area is 183 Å². The molecule has 0 N–H and O–H groups in total. The molecule has 152 valence electrons. The number of carbonyl (C=O) groups excluding carboxylic acids is 1. The number of hydrogen-bond acceptors (Lipinski definition) is 5. The van der Waals surface area contributed by atoms with Gasteiger partial charge in [-0.15, -0.1) is 0 Å². The van der Waals surface area contributed by atoms with Crippen LogP contribution in [0.3, 0.4) is 0 Å². The summed E-state index contributed by atoms with van der Waals surface area (Å²) in [4.78, 5) is 21.4. The summed E-state index contributed by atoms with van der Waals surface area (Å²) in [5, 5.41) is 3.89. The maximum absolute atomic E-state index is 12.6. The Kier molecular flexibility index (Phi) is 5.19. The molecule has 0 aliphatic carbocycles. The highest BCUT2D eigenvalue weighted by Crippen LogP contribution is 2.33. The van der Waals surface area contributed by atoms with Gasteiger partial charge in [-0.25, -0.2) is 4.98 Å². The zero-order valence-electron chi connectivity index (χ0n) is 16.3. The van der Waals surface area contributed by atoms with Crippen LogP contribution in [-0.4, -0.2) is 48.6 Å². The van der Waals surface area contributed by atoms with E-state index in [1.807, 2.05) is 59.5 Å². The average molecular weight is 438 g/mol. The molecule has 1 fully saturated rings. The van der Waals surface area contributed by atoms with Crippen molar-refractivity contribution in [3.8, 4) is 5.75 Å². The van der Waals surface area contributed by atoms with Gasteiger partial charge in [-0.1, -0.05) is 59.3 Å². The van der Waals surface area contributed by atoms with Crippen LogP contribution in [0.25, 0.3) is 21.0 Å². The summed E-state index contributed by atoms with van der Waals surface area (Å²) in [6.07, 6.45) is 0. The first-order valence-electron chi connectivity index (χ1n) is 9.87. The fourth-order valence-electron chi connectivity index (χ4n) is 3.68. The molecule has 0 spiro atoms. The van der Waals surface area contributed by atoms with Crippen LogP contribution in [0.5, 0.6) is 5.75 Å². The second-order valence-electron chi connectivity index (χ2n) is 7.25. The van der Waals surface area contributed by atoms with E-state index in [0.717, 1.165) is 39.2 Å². The molecule has 0 unspecified atom stereocenters. The Balaban J connectivity index is 1.18. The van der Waals surface area contributed by atoms with Crippen molar-refractivity contribution >= 4 is 55.0 Å². The molecule has 7 heteroatoms. The van der Waals surface area contributed by atoms with Gasteiger partial charge in [0, 0.05) is 26.2 Å². The van der Waals surface area contributed by atoms with Crippen LogP contribution in [0.1, 0.15) is 0 Å². The largest absolute Gasteiger partial charge is 0.484 e. The number of fused-ring (bicyclic) bond motifs is 2. The van der Waals surface area contributed by atoms with E-state index >= 15 is 0 Å². The number of thiazole rings is 1. The Morgan fingerprint density at radius 3 is 2.60 bits per heavy atom. The summed E-state index contributed by atoms with van der Waals surface area (Å²) in [6.45, 7) is 2.86. The Morgan fingerprint density at radius 1 is 1.00 bits per heavy atom. The molecular formula is C23H20ClN3O2S. The van der Waals surface area contributed by atoms with E-state index in [4.69, 9.17) is 21.3 Å². The number of carbonyl (C=O) groups is 1. The summed E-state index contributed by atoms with van der Waals surface area (Å²) in [5.41, 5.74) is 0.849. The first kappa shape index (κ1) is 19.2. The van der Waals surface area contributed by atoms with E-state index in [2.05, 4.69) is 11.0 Å². The fourth-order valence-corrected chi connectivity index (χ4v) is 5.00.